The summed E-state index contributed by atoms with van der Waals surface area (Å²) in [5.41, 5.74) is 0.300. The van der Waals surface area contributed by atoms with Crippen LogP contribution < -0.4 is 4.80 Å². The highest BCUT2D eigenvalue weighted by Gasteiger charge is 2.11. The molecule has 0 N–H and O–H groups in total. The Morgan fingerprint density at radius 2 is 2.19 bits per heavy atom. The average molecular weight is 345 g/mol. The van der Waals surface area contributed by atoms with E-state index in [2.05, 4.69) is 4.99 Å². The molecule has 0 saturated carbocycles. The molecule has 0 atom stereocenters. The van der Waals surface area contributed by atoms with E-state index in [1.54, 1.807) is 19.2 Å². The van der Waals surface area contributed by atoms with Crippen molar-refractivity contribution < 1.29 is 9.53 Å². The van der Waals surface area contributed by atoms with Crippen molar-refractivity contribution in [1.82, 2.24) is 4.57 Å². The summed E-state index contributed by atoms with van der Waals surface area (Å²) in [6.45, 7) is 3.15. The maximum atomic E-state index is 12.3. The Bertz CT molecular complexity index is 722. The van der Waals surface area contributed by atoms with Crippen LogP contribution in [0, 0.1) is 6.92 Å². The number of aryl methyl sites for hydroxylation is 1. The molecule has 2 rings (SSSR count). The Morgan fingerprint density at radius 1 is 1.43 bits per heavy atom. The van der Waals surface area contributed by atoms with Crippen molar-refractivity contribution in [1.29, 1.82) is 0 Å². The Morgan fingerprint density at radius 3 is 2.90 bits per heavy atom. The maximum absolute atomic E-state index is 12.3. The standard InChI is InChI=1S/C14H14Cl2N2O2S/c1-9-8-18(5-6-20-2)14(21-9)17-13(19)11-7-10(15)3-4-12(11)16/h3-4,7-8H,5-6H2,1-2H3. The van der Waals surface area contributed by atoms with E-state index in [1.165, 1.54) is 17.4 Å². The van der Waals surface area contributed by atoms with Gasteiger partial charge in [-0.05, 0) is 25.1 Å². The topological polar surface area (TPSA) is 43.6 Å². The van der Waals surface area contributed by atoms with E-state index in [4.69, 9.17) is 27.9 Å². The number of aromatic nitrogens is 1. The highest BCUT2D eigenvalue weighted by Crippen LogP contribution is 2.21. The van der Waals surface area contributed by atoms with Gasteiger partial charge in [0, 0.05) is 29.8 Å². The van der Waals surface area contributed by atoms with Gasteiger partial charge < -0.3 is 9.30 Å². The number of carbonyl (C=O) groups is 1. The molecule has 1 aromatic carbocycles. The van der Waals surface area contributed by atoms with Gasteiger partial charge in [0.05, 0.1) is 17.2 Å². The predicted molar refractivity (Wildman–Crippen MR) is 85.3 cm³/mol. The van der Waals surface area contributed by atoms with E-state index in [-0.39, 0.29) is 0 Å². The van der Waals surface area contributed by atoms with Gasteiger partial charge in [0.1, 0.15) is 0 Å². The van der Waals surface area contributed by atoms with Gasteiger partial charge in [-0.1, -0.05) is 23.2 Å². The summed E-state index contributed by atoms with van der Waals surface area (Å²) in [5, 5.41) is 0.789. The molecule has 2 aromatic rings. The van der Waals surface area contributed by atoms with Gasteiger partial charge in [0.2, 0.25) is 0 Å². The van der Waals surface area contributed by atoms with Crippen LogP contribution in [0.25, 0.3) is 0 Å². The summed E-state index contributed by atoms with van der Waals surface area (Å²) in [4.78, 5) is 18.1. The molecule has 0 radical (unpaired) electrons. The van der Waals surface area contributed by atoms with E-state index in [0.29, 0.717) is 33.6 Å². The Hall–Kier alpha value is -1.14. The molecule has 0 spiro atoms. The molecule has 0 fully saturated rings. The van der Waals surface area contributed by atoms with Crippen LogP contribution in [0.5, 0.6) is 0 Å². The average Bonchev–Trinajstić information content (AvgIpc) is 2.79. The summed E-state index contributed by atoms with van der Waals surface area (Å²) in [7, 11) is 1.63. The third-order valence-corrected chi connectivity index (χ3v) is 4.23. The molecule has 0 unspecified atom stereocenters. The maximum Gasteiger partial charge on any atom is 0.281 e. The van der Waals surface area contributed by atoms with Crippen molar-refractivity contribution in [2.75, 3.05) is 13.7 Å². The number of ether oxygens (including phenoxy) is 1. The van der Waals surface area contributed by atoms with Crippen molar-refractivity contribution in [2.45, 2.75) is 13.5 Å². The van der Waals surface area contributed by atoms with Gasteiger partial charge in [0.25, 0.3) is 5.91 Å². The van der Waals surface area contributed by atoms with Gasteiger partial charge in [0.15, 0.2) is 4.80 Å². The number of nitrogens with zero attached hydrogens (tertiary/aromatic N) is 2. The van der Waals surface area contributed by atoms with E-state index >= 15 is 0 Å². The fourth-order valence-corrected chi connectivity index (χ4v) is 2.98. The first-order valence-corrected chi connectivity index (χ1v) is 7.78. The van der Waals surface area contributed by atoms with E-state index in [1.807, 2.05) is 17.7 Å². The molecule has 21 heavy (non-hydrogen) atoms. The molecular weight excluding hydrogens is 331 g/mol. The Labute approximate surface area is 136 Å². The first kappa shape index (κ1) is 16.2. The van der Waals surface area contributed by atoms with Crippen molar-refractivity contribution in [2.24, 2.45) is 4.99 Å². The van der Waals surface area contributed by atoms with Crippen molar-refractivity contribution >= 4 is 40.4 Å². The third-order valence-electron chi connectivity index (χ3n) is 2.73. The van der Waals surface area contributed by atoms with Gasteiger partial charge in [-0.25, -0.2) is 0 Å². The predicted octanol–water partition coefficient (Wildman–Crippen LogP) is 3.55. The first-order valence-electron chi connectivity index (χ1n) is 6.21. The van der Waals surface area contributed by atoms with Crippen LogP contribution in [0.3, 0.4) is 0 Å². The van der Waals surface area contributed by atoms with Crippen LogP contribution in [0.15, 0.2) is 29.4 Å². The van der Waals surface area contributed by atoms with Gasteiger partial charge in [-0.15, -0.1) is 11.3 Å². The van der Waals surface area contributed by atoms with Gasteiger partial charge in [-0.2, -0.15) is 4.99 Å². The van der Waals surface area contributed by atoms with Crippen LogP contribution >= 0.6 is 34.5 Å². The number of methoxy groups -OCH3 is 1. The number of benzene rings is 1. The number of hydrogen-bond acceptors (Lipinski definition) is 3. The fraction of sp³-hybridized carbons (Fsp3) is 0.286. The quantitative estimate of drug-likeness (QED) is 0.851. The molecular formula is C14H14Cl2N2O2S. The molecule has 112 valence electrons. The second kappa shape index (κ2) is 7.22. The monoisotopic (exact) mass is 344 g/mol. The van der Waals surface area contributed by atoms with Gasteiger partial charge in [-0.3, -0.25) is 4.79 Å². The highest BCUT2D eigenvalue weighted by atomic mass is 35.5. The molecule has 0 aliphatic rings. The zero-order chi connectivity index (χ0) is 15.4. The second-order valence-corrected chi connectivity index (χ2v) is 6.41. The minimum absolute atomic E-state index is 0.300. The third kappa shape index (κ3) is 4.17. The second-order valence-electron chi connectivity index (χ2n) is 4.35. The largest absolute Gasteiger partial charge is 0.383 e. The number of hydrogen-bond donors (Lipinski definition) is 0. The molecule has 1 amide bonds. The molecule has 1 aromatic heterocycles. The summed E-state index contributed by atoms with van der Waals surface area (Å²) in [6.07, 6.45) is 1.94. The summed E-state index contributed by atoms with van der Waals surface area (Å²) < 4.78 is 6.94. The van der Waals surface area contributed by atoms with Crippen LogP contribution in [-0.2, 0) is 11.3 Å². The number of halogens is 2. The highest BCUT2D eigenvalue weighted by molar-refractivity contribution is 7.09. The van der Waals surface area contributed by atoms with Crippen molar-refractivity contribution in [3.05, 3.63) is 49.7 Å². The molecule has 4 nitrogen and oxygen atoms in total. The molecule has 0 saturated heterocycles. The van der Waals surface area contributed by atoms with E-state index in [9.17, 15) is 4.79 Å². The minimum Gasteiger partial charge on any atom is -0.383 e. The molecule has 0 bridgehead atoms. The lowest BCUT2D eigenvalue weighted by molar-refractivity contribution is 0.0997. The van der Waals surface area contributed by atoms with Crippen LogP contribution in [0.4, 0.5) is 0 Å². The van der Waals surface area contributed by atoms with Gasteiger partial charge >= 0.3 is 0 Å². The summed E-state index contributed by atoms with van der Waals surface area (Å²) >= 11 is 13.4. The lowest BCUT2D eigenvalue weighted by Gasteiger charge is -2.02. The molecule has 7 heteroatoms. The first-order chi connectivity index (χ1) is 10.0. The zero-order valence-electron chi connectivity index (χ0n) is 11.6. The smallest absolute Gasteiger partial charge is 0.281 e. The lowest BCUT2D eigenvalue weighted by Crippen LogP contribution is -2.18. The van der Waals surface area contributed by atoms with Crippen molar-refractivity contribution in [3.63, 3.8) is 0 Å². The fourth-order valence-electron chi connectivity index (χ4n) is 1.75. The Balaban J connectivity index is 2.39. The zero-order valence-corrected chi connectivity index (χ0v) is 13.9. The van der Waals surface area contributed by atoms with E-state index in [0.717, 1.165) is 4.88 Å². The number of carbonyl (C=O) groups excluding carboxylic acids is 1. The molecule has 1 heterocycles. The number of amides is 1. The lowest BCUT2D eigenvalue weighted by atomic mass is 10.2. The molecule has 0 aliphatic carbocycles. The van der Waals surface area contributed by atoms with Crippen LogP contribution in [-0.4, -0.2) is 24.2 Å². The van der Waals surface area contributed by atoms with E-state index < -0.39 is 5.91 Å². The summed E-state index contributed by atoms with van der Waals surface area (Å²) in [6, 6.07) is 4.75. The van der Waals surface area contributed by atoms with Crippen LogP contribution in [0.2, 0.25) is 10.0 Å². The minimum atomic E-state index is -0.407. The normalized spacial score (nSPS) is 11.9. The summed E-state index contributed by atoms with van der Waals surface area (Å²) in [5.74, 6) is -0.407. The van der Waals surface area contributed by atoms with Crippen LogP contribution in [0.1, 0.15) is 15.2 Å². The molecule has 0 aliphatic heterocycles. The van der Waals surface area contributed by atoms with Crippen molar-refractivity contribution in [3.8, 4) is 0 Å². The SMILES string of the molecule is COCCn1cc(C)sc1=NC(=O)c1cc(Cl)ccc1Cl. The number of thiazole rings is 1. The Kier molecular flexibility index (Phi) is 5.58. The number of rotatable bonds is 4.